The molecule has 96 valence electrons. The lowest BCUT2D eigenvalue weighted by atomic mass is 10.1. The van der Waals surface area contributed by atoms with E-state index >= 15 is 0 Å². The zero-order valence-corrected chi connectivity index (χ0v) is 9.42. The van der Waals surface area contributed by atoms with E-state index in [0.717, 1.165) is 0 Å². The summed E-state index contributed by atoms with van der Waals surface area (Å²) >= 11 is 0. The quantitative estimate of drug-likeness (QED) is 0.638. The fraction of sp³-hybridized carbons (Fsp3) is 0.800. The molecule has 0 spiro atoms. The second kappa shape index (κ2) is 4.58. The van der Waals surface area contributed by atoms with Crippen LogP contribution in [0.2, 0.25) is 0 Å². The molecule has 7 heteroatoms. The summed E-state index contributed by atoms with van der Waals surface area (Å²) in [4.78, 5) is 21.8. The van der Waals surface area contributed by atoms with Gasteiger partial charge in [-0.2, -0.15) is 0 Å². The normalized spacial score (nSPS) is 39.8. The van der Waals surface area contributed by atoms with Crippen LogP contribution in [0, 0.1) is 0 Å². The second-order valence-electron chi connectivity index (χ2n) is 3.97. The van der Waals surface area contributed by atoms with Crippen molar-refractivity contribution in [2.75, 3.05) is 6.61 Å². The fourth-order valence-electron chi connectivity index (χ4n) is 2.00. The van der Waals surface area contributed by atoms with Gasteiger partial charge in [-0.3, -0.25) is 9.59 Å². The third-order valence-corrected chi connectivity index (χ3v) is 2.60. The van der Waals surface area contributed by atoms with Crippen molar-refractivity contribution in [2.24, 2.45) is 0 Å². The molecule has 0 N–H and O–H groups in total. The Bertz CT molecular complexity index is 333. The summed E-state index contributed by atoms with van der Waals surface area (Å²) in [6.07, 6.45) is -4.91. The van der Waals surface area contributed by atoms with Crippen LogP contribution in [0.3, 0.4) is 0 Å². The van der Waals surface area contributed by atoms with E-state index in [0.29, 0.717) is 0 Å². The van der Waals surface area contributed by atoms with Gasteiger partial charge in [-0.15, -0.1) is 0 Å². The molecule has 1 unspecified atom stereocenters. The summed E-state index contributed by atoms with van der Waals surface area (Å²) in [5.41, 5.74) is 0. The molecule has 2 aliphatic heterocycles. The van der Waals surface area contributed by atoms with Crippen molar-refractivity contribution in [2.45, 2.75) is 44.6 Å². The molecule has 2 aliphatic rings. The van der Waals surface area contributed by atoms with E-state index in [4.69, 9.17) is 18.9 Å². The summed E-state index contributed by atoms with van der Waals surface area (Å²) in [6.45, 7) is 2.29. The van der Waals surface area contributed by atoms with Crippen molar-refractivity contribution in [1.82, 2.24) is 0 Å². The van der Waals surface area contributed by atoms with E-state index < -0.39 is 42.7 Å². The Balaban J connectivity index is 2.10. The van der Waals surface area contributed by atoms with Crippen molar-refractivity contribution in [3.8, 4) is 0 Å². The molecule has 0 aromatic rings. The number of carbonyl (C=O) groups excluding carboxylic acids is 2. The summed E-state index contributed by atoms with van der Waals surface area (Å²) in [5.74, 6) is -1.16. The highest BCUT2D eigenvalue weighted by molar-refractivity contribution is 5.67. The van der Waals surface area contributed by atoms with Crippen molar-refractivity contribution in [3.63, 3.8) is 0 Å². The van der Waals surface area contributed by atoms with E-state index in [1.54, 1.807) is 0 Å². The fourth-order valence-corrected chi connectivity index (χ4v) is 2.00. The Kier molecular flexibility index (Phi) is 3.30. The molecule has 0 aliphatic carbocycles. The number of carbonyl (C=O) groups is 2. The Morgan fingerprint density at radius 2 is 1.82 bits per heavy atom. The van der Waals surface area contributed by atoms with Crippen LogP contribution < -0.4 is 0 Å². The molecule has 2 fully saturated rings. The lowest BCUT2D eigenvalue weighted by molar-refractivity contribution is -0.200. The van der Waals surface area contributed by atoms with Crippen LogP contribution in [-0.2, 0) is 28.5 Å². The molecule has 17 heavy (non-hydrogen) atoms. The van der Waals surface area contributed by atoms with Crippen molar-refractivity contribution < 1.29 is 32.9 Å². The average molecular weight is 248 g/mol. The van der Waals surface area contributed by atoms with Crippen molar-refractivity contribution in [3.05, 3.63) is 0 Å². The van der Waals surface area contributed by atoms with Gasteiger partial charge in [-0.1, -0.05) is 0 Å². The average Bonchev–Trinajstić information content (AvgIpc) is 2.69. The lowest BCUT2D eigenvalue weighted by Crippen LogP contribution is -2.38. The van der Waals surface area contributed by atoms with Crippen molar-refractivity contribution >= 4 is 11.9 Å². The molecule has 6 nitrogen and oxygen atoms in total. The molecule has 2 rings (SSSR count). The van der Waals surface area contributed by atoms with E-state index in [9.17, 15) is 14.0 Å². The van der Waals surface area contributed by atoms with Crippen LogP contribution in [0.4, 0.5) is 4.39 Å². The van der Waals surface area contributed by atoms with E-state index in [1.165, 1.54) is 13.8 Å². The van der Waals surface area contributed by atoms with Crippen LogP contribution in [0.5, 0.6) is 0 Å². The summed E-state index contributed by atoms with van der Waals surface area (Å²) in [7, 11) is 0. The SMILES string of the molecule is CC(=O)O[C@H]1O[C@@H]2C(F)CO[C@@H]2[C@H]1OC(C)=O. The van der Waals surface area contributed by atoms with Gasteiger partial charge < -0.3 is 18.9 Å². The predicted molar refractivity (Wildman–Crippen MR) is 50.6 cm³/mol. The first-order chi connectivity index (χ1) is 7.99. The molecule has 0 amide bonds. The number of fused-ring (bicyclic) bond motifs is 1. The Morgan fingerprint density at radius 1 is 1.18 bits per heavy atom. The molecule has 0 aromatic heterocycles. The molecular weight excluding hydrogens is 235 g/mol. The third kappa shape index (κ3) is 2.39. The molecule has 0 saturated carbocycles. The van der Waals surface area contributed by atoms with Gasteiger partial charge in [0.05, 0.1) is 6.61 Å². The van der Waals surface area contributed by atoms with E-state index in [-0.39, 0.29) is 6.61 Å². The zero-order valence-electron chi connectivity index (χ0n) is 9.42. The topological polar surface area (TPSA) is 71.1 Å². The Labute approximate surface area is 97.0 Å². The maximum Gasteiger partial charge on any atom is 0.305 e. The van der Waals surface area contributed by atoms with Gasteiger partial charge in [0, 0.05) is 13.8 Å². The number of hydrogen-bond donors (Lipinski definition) is 0. The standard InChI is InChI=1S/C10H13FO6/c1-4(12)15-9-8-7(6(11)3-14-8)17-10(9)16-5(2)13/h6-10H,3H2,1-2H3/t6?,7-,8+,9-,10+/m1/s1. The van der Waals surface area contributed by atoms with Gasteiger partial charge in [0.25, 0.3) is 0 Å². The van der Waals surface area contributed by atoms with Gasteiger partial charge in [0.1, 0.15) is 12.2 Å². The minimum atomic E-state index is -1.31. The van der Waals surface area contributed by atoms with Gasteiger partial charge in [-0.05, 0) is 0 Å². The third-order valence-electron chi connectivity index (χ3n) is 2.60. The number of alkyl halides is 1. The predicted octanol–water partition coefficient (Wildman–Crippen LogP) is -0.0570. The molecule has 2 heterocycles. The van der Waals surface area contributed by atoms with Crippen LogP contribution in [0.15, 0.2) is 0 Å². The number of rotatable bonds is 2. The lowest BCUT2D eigenvalue weighted by Gasteiger charge is -2.20. The molecule has 0 bridgehead atoms. The van der Waals surface area contributed by atoms with Gasteiger partial charge in [0.2, 0.25) is 6.29 Å². The number of ether oxygens (including phenoxy) is 4. The Morgan fingerprint density at radius 3 is 2.41 bits per heavy atom. The highest BCUT2D eigenvalue weighted by atomic mass is 19.1. The Hall–Kier alpha value is -1.21. The monoisotopic (exact) mass is 248 g/mol. The van der Waals surface area contributed by atoms with E-state index in [2.05, 4.69) is 0 Å². The number of esters is 2. The van der Waals surface area contributed by atoms with Crippen LogP contribution in [0.25, 0.3) is 0 Å². The summed E-state index contributed by atoms with van der Waals surface area (Å²) in [5, 5.41) is 0. The van der Waals surface area contributed by atoms with E-state index in [1.807, 2.05) is 0 Å². The van der Waals surface area contributed by atoms with Gasteiger partial charge in [0.15, 0.2) is 12.3 Å². The number of halogens is 1. The molecule has 0 radical (unpaired) electrons. The molecule has 0 aromatic carbocycles. The van der Waals surface area contributed by atoms with Gasteiger partial charge >= 0.3 is 11.9 Å². The summed E-state index contributed by atoms with van der Waals surface area (Å²) < 4.78 is 33.5. The van der Waals surface area contributed by atoms with Crippen molar-refractivity contribution in [1.29, 1.82) is 0 Å². The van der Waals surface area contributed by atoms with Crippen LogP contribution in [-0.4, -0.2) is 49.3 Å². The summed E-state index contributed by atoms with van der Waals surface area (Å²) in [6, 6.07) is 0. The highest BCUT2D eigenvalue weighted by Crippen LogP contribution is 2.35. The second-order valence-corrected chi connectivity index (χ2v) is 3.97. The maximum atomic E-state index is 13.4. The maximum absolute atomic E-state index is 13.4. The minimum Gasteiger partial charge on any atom is -0.453 e. The zero-order chi connectivity index (χ0) is 12.6. The highest BCUT2D eigenvalue weighted by Gasteiger charge is 2.56. The van der Waals surface area contributed by atoms with Gasteiger partial charge in [-0.25, -0.2) is 4.39 Å². The largest absolute Gasteiger partial charge is 0.453 e. The molecule has 2 saturated heterocycles. The smallest absolute Gasteiger partial charge is 0.305 e. The first-order valence-electron chi connectivity index (χ1n) is 5.24. The minimum absolute atomic E-state index is 0.111. The first kappa shape index (κ1) is 12.3. The molecule has 5 atom stereocenters. The van der Waals surface area contributed by atoms with Crippen LogP contribution >= 0.6 is 0 Å². The first-order valence-corrected chi connectivity index (χ1v) is 5.24. The molecular formula is C10H13FO6. The van der Waals surface area contributed by atoms with Crippen LogP contribution in [0.1, 0.15) is 13.8 Å². The number of hydrogen-bond acceptors (Lipinski definition) is 6.